The van der Waals surface area contributed by atoms with Gasteiger partial charge in [-0.15, -0.1) is 0 Å². The van der Waals surface area contributed by atoms with Crippen LogP contribution in [0.25, 0.3) is 0 Å². The number of hydrogen-bond donors (Lipinski definition) is 1. The number of allylic oxidation sites excluding steroid dienone is 1. The maximum absolute atomic E-state index is 12.3. The van der Waals surface area contributed by atoms with Crippen molar-refractivity contribution in [3.8, 4) is 0 Å². The van der Waals surface area contributed by atoms with E-state index in [2.05, 4.69) is 11.4 Å². The van der Waals surface area contributed by atoms with Gasteiger partial charge in [0, 0.05) is 26.2 Å². The maximum atomic E-state index is 12.3. The first kappa shape index (κ1) is 19.0. The lowest BCUT2D eigenvalue weighted by molar-refractivity contribution is 0.0954. The lowest BCUT2D eigenvalue weighted by Crippen LogP contribution is -2.26. The molecular weight excluding hydrogens is 348 g/mol. The summed E-state index contributed by atoms with van der Waals surface area (Å²) < 4.78 is 25.6. The van der Waals surface area contributed by atoms with Crippen LogP contribution in [0, 0.1) is 0 Å². The Morgan fingerprint density at radius 1 is 1.29 bits per heavy atom. The van der Waals surface area contributed by atoms with Crippen LogP contribution in [0.1, 0.15) is 42.5 Å². The van der Waals surface area contributed by atoms with Crippen molar-refractivity contribution in [1.29, 1.82) is 0 Å². The Hall–Kier alpha value is -1.37. The third-order valence-electron chi connectivity index (χ3n) is 4.07. The number of sulfonamides is 1. The number of rotatable bonds is 6. The number of halogens is 1. The van der Waals surface area contributed by atoms with E-state index in [9.17, 15) is 13.2 Å². The quantitative estimate of drug-likeness (QED) is 0.782. The minimum absolute atomic E-state index is 0.0585. The van der Waals surface area contributed by atoms with E-state index in [1.165, 1.54) is 50.7 Å². The first-order valence-electron chi connectivity index (χ1n) is 8.00. The van der Waals surface area contributed by atoms with Crippen LogP contribution in [0.5, 0.6) is 0 Å². The molecule has 0 aliphatic heterocycles. The molecule has 0 spiro atoms. The average molecular weight is 371 g/mol. The molecule has 132 valence electrons. The number of amides is 1. The normalized spacial score (nSPS) is 15.2. The van der Waals surface area contributed by atoms with Crippen molar-refractivity contribution in [3.63, 3.8) is 0 Å². The van der Waals surface area contributed by atoms with Gasteiger partial charge in [-0.25, -0.2) is 12.7 Å². The van der Waals surface area contributed by atoms with Crippen LogP contribution < -0.4 is 5.32 Å². The van der Waals surface area contributed by atoms with Crippen LogP contribution in [0.4, 0.5) is 0 Å². The molecule has 0 bridgehead atoms. The van der Waals surface area contributed by atoms with Crippen LogP contribution in [-0.2, 0) is 10.0 Å². The Bertz CT molecular complexity index is 742. The van der Waals surface area contributed by atoms with Gasteiger partial charge >= 0.3 is 0 Å². The largest absolute Gasteiger partial charge is 0.352 e. The van der Waals surface area contributed by atoms with E-state index in [1.807, 2.05) is 0 Å². The van der Waals surface area contributed by atoms with E-state index in [0.717, 1.165) is 23.6 Å². The fourth-order valence-electron chi connectivity index (χ4n) is 2.61. The predicted octanol–water partition coefficient (Wildman–Crippen LogP) is 3.21. The summed E-state index contributed by atoms with van der Waals surface area (Å²) in [5, 5.41) is 2.95. The Labute approximate surface area is 148 Å². The third-order valence-corrected chi connectivity index (χ3v) is 6.37. The first-order chi connectivity index (χ1) is 11.3. The smallest absolute Gasteiger partial charge is 0.251 e. The molecule has 1 aliphatic carbocycles. The fraction of sp³-hybridized carbons (Fsp3) is 0.471. The van der Waals surface area contributed by atoms with Gasteiger partial charge in [-0.2, -0.15) is 0 Å². The molecule has 1 amide bonds. The van der Waals surface area contributed by atoms with Crippen molar-refractivity contribution in [2.24, 2.45) is 0 Å². The summed E-state index contributed by atoms with van der Waals surface area (Å²) in [6.07, 6.45) is 7.75. The molecule has 5 nitrogen and oxygen atoms in total. The summed E-state index contributed by atoms with van der Waals surface area (Å²) >= 11 is 5.99. The Morgan fingerprint density at radius 3 is 2.67 bits per heavy atom. The van der Waals surface area contributed by atoms with Gasteiger partial charge in [-0.1, -0.05) is 23.3 Å². The zero-order valence-electron chi connectivity index (χ0n) is 14.0. The van der Waals surface area contributed by atoms with Crippen molar-refractivity contribution in [2.75, 3.05) is 20.6 Å². The molecule has 0 fully saturated rings. The monoisotopic (exact) mass is 370 g/mol. The van der Waals surface area contributed by atoms with Crippen LogP contribution in [0.3, 0.4) is 0 Å². The van der Waals surface area contributed by atoms with Crippen molar-refractivity contribution in [3.05, 3.63) is 40.4 Å². The summed E-state index contributed by atoms with van der Waals surface area (Å²) in [5.74, 6) is -0.293. The molecule has 0 aromatic heterocycles. The Morgan fingerprint density at radius 2 is 2.04 bits per heavy atom. The number of carbonyl (C=O) groups is 1. The highest BCUT2D eigenvalue weighted by Crippen LogP contribution is 2.25. The second-order valence-corrected chi connectivity index (χ2v) is 8.57. The van der Waals surface area contributed by atoms with Gasteiger partial charge < -0.3 is 5.32 Å². The summed E-state index contributed by atoms with van der Waals surface area (Å²) in [7, 11) is -0.835. The number of nitrogens with zero attached hydrogens (tertiary/aromatic N) is 1. The van der Waals surface area contributed by atoms with Gasteiger partial charge in [0.05, 0.1) is 5.02 Å². The second kappa shape index (κ2) is 8.14. The van der Waals surface area contributed by atoms with Gasteiger partial charge in [0.1, 0.15) is 4.90 Å². The second-order valence-electron chi connectivity index (χ2n) is 6.05. The van der Waals surface area contributed by atoms with Gasteiger partial charge in [-0.3, -0.25) is 4.79 Å². The molecule has 0 radical (unpaired) electrons. The molecule has 0 heterocycles. The molecule has 0 unspecified atom stereocenters. The minimum atomic E-state index is -3.69. The standard InChI is InChI=1S/C17H23ClN2O3S/c1-20(2)24(22,23)16-12-14(8-9-15(16)18)17(21)19-11-10-13-6-4-3-5-7-13/h6,8-9,12H,3-5,7,10-11H2,1-2H3,(H,19,21). The molecule has 7 heteroatoms. The minimum Gasteiger partial charge on any atom is -0.352 e. The average Bonchev–Trinajstić information content (AvgIpc) is 2.55. The van der Waals surface area contributed by atoms with Crippen LogP contribution >= 0.6 is 11.6 Å². The highest BCUT2D eigenvalue weighted by Gasteiger charge is 2.22. The number of nitrogens with one attached hydrogen (secondary N) is 1. The molecule has 2 rings (SSSR count). The van der Waals surface area contributed by atoms with Gasteiger partial charge in [0.25, 0.3) is 5.91 Å². The van der Waals surface area contributed by atoms with Gasteiger partial charge in [-0.05, 0) is 50.3 Å². The van der Waals surface area contributed by atoms with Gasteiger partial charge in [0.2, 0.25) is 10.0 Å². The van der Waals surface area contributed by atoms with E-state index in [4.69, 9.17) is 11.6 Å². The summed E-state index contributed by atoms with van der Waals surface area (Å²) in [6.45, 7) is 0.545. The Balaban J connectivity index is 2.06. The van der Waals surface area contributed by atoms with Crippen LogP contribution in [0.2, 0.25) is 5.02 Å². The lowest BCUT2D eigenvalue weighted by atomic mass is 9.97. The molecular formula is C17H23ClN2O3S. The maximum Gasteiger partial charge on any atom is 0.251 e. The van der Waals surface area contributed by atoms with E-state index in [-0.39, 0.29) is 21.4 Å². The SMILES string of the molecule is CN(C)S(=O)(=O)c1cc(C(=O)NCCC2=CCCCC2)ccc1Cl. The molecule has 1 aromatic carbocycles. The molecule has 0 saturated heterocycles. The van der Waals surface area contributed by atoms with Crippen LogP contribution in [0.15, 0.2) is 34.7 Å². The number of carbonyl (C=O) groups excluding carboxylic acids is 1. The highest BCUT2D eigenvalue weighted by molar-refractivity contribution is 7.89. The zero-order valence-corrected chi connectivity index (χ0v) is 15.6. The number of benzene rings is 1. The molecule has 1 aliphatic rings. The topological polar surface area (TPSA) is 66.5 Å². The molecule has 0 atom stereocenters. The van der Waals surface area contributed by atoms with Crippen molar-refractivity contribution in [1.82, 2.24) is 9.62 Å². The van der Waals surface area contributed by atoms with E-state index in [0.29, 0.717) is 6.54 Å². The summed E-state index contributed by atoms with van der Waals surface area (Å²) in [4.78, 5) is 12.2. The van der Waals surface area contributed by atoms with Crippen LogP contribution in [-0.4, -0.2) is 39.3 Å². The summed E-state index contributed by atoms with van der Waals surface area (Å²) in [6, 6.07) is 4.30. The van der Waals surface area contributed by atoms with E-state index >= 15 is 0 Å². The first-order valence-corrected chi connectivity index (χ1v) is 9.82. The molecule has 24 heavy (non-hydrogen) atoms. The molecule has 1 N–H and O–H groups in total. The lowest BCUT2D eigenvalue weighted by Gasteiger charge is -2.15. The van der Waals surface area contributed by atoms with E-state index < -0.39 is 10.0 Å². The zero-order chi connectivity index (χ0) is 17.7. The highest BCUT2D eigenvalue weighted by atomic mass is 35.5. The van der Waals surface area contributed by atoms with Gasteiger partial charge in [0.15, 0.2) is 0 Å². The van der Waals surface area contributed by atoms with E-state index in [1.54, 1.807) is 0 Å². The Kier molecular flexibility index (Phi) is 6.43. The molecule has 0 saturated carbocycles. The summed E-state index contributed by atoms with van der Waals surface area (Å²) in [5.41, 5.74) is 1.67. The predicted molar refractivity (Wildman–Crippen MR) is 95.8 cm³/mol. The fourth-order valence-corrected chi connectivity index (χ4v) is 4.00. The third kappa shape index (κ3) is 4.59. The van der Waals surface area contributed by atoms with Crippen molar-refractivity contribution in [2.45, 2.75) is 37.0 Å². The molecule has 1 aromatic rings. The number of hydrogen-bond acceptors (Lipinski definition) is 3. The van der Waals surface area contributed by atoms with Crippen molar-refractivity contribution >= 4 is 27.5 Å². The van der Waals surface area contributed by atoms with Crippen molar-refractivity contribution < 1.29 is 13.2 Å².